The predicted molar refractivity (Wildman–Crippen MR) is 126 cm³/mol. The topological polar surface area (TPSA) is 77.9 Å². The van der Waals surface area contributed by atoms with Gasteiger partial charge in [0.1, 0.15) is 18.4 Å². The number of ether oxygens (including phenoxy) is 1. The first kappa shape index (κ1) is 21.8. The number of carbonyl (C=O) groups is 1. The summed E-state index contributed by atoms with van der Waals surface area (Å²) in [4.78, 5) is 29.9. The molecule has 1 unspecified atom stereocenters. The summed E-state index contributed by atoms with van der Waals surface area (Å²) in [5.74, 6) is -1.22. The highest BCUT2D eigenvalue weighted by Gasteiger charge is 2.22. The summed E-state index contributed by atoms with van der Waals surface area (Å²) in [7, 11) is 0. The van der Waals surface area contributed by atoms with E-state index in [0.717, 1.165) is 47.4 Å². The predicted octanol–water partition coefficient (Wildman–Crippen LogP) is 5.47. The van der Waals surface area contributed by atoms with E-state index in [1.807, 2.05) is 6.07 Å². The molecule has 0 amide bonds. The normalized spacial score (nSPS) is 14.9. The standard InChI is InChI=1S/C24H18ClFN4O2S/c25-24-22(27-5-6-28-24)18(12-31)15-1-2-19(26)17(10-15)21-23-20(29-13-30-21)11-16(33-23)9-14-3-7-32-8-4-14/h1-2,5-6,9-13,18H,3-4,7-8H2. The maximum Gasteiger partial charge on any atom is 0.151 e. The third-order valence-corrected chi connectivity index (χ3v) is 6.90. The molecule has 0 aliphatic carbocycles. The number of nitrogens with zero attached hydrogens (tertiary/aromatic N) is 4. The monoisotopic (exact) mass is 480 g/mol. The Morgan fingerprint density at radius 2 is 1.91 bits per heavy atom. The second kappa shape index (κ2) is 9.43. The van der Waals surface area contributed by atoms with E-state index >= 15 is 0 Å². The fraction of sp³-hybridized carbons (Fsp3) is 0.208. The van der Waals surface area contributed by atoms with Gasteiger partial charge < -0.3 is 9.53 Å². The average molecular weight is 481 g/mol. The molecule has 166 valence electrons. The molecule has 1 saturated heterocycles. The number of aromatic nitrogens is 4. The van der Waals surface area contributed by atoms with Crippen molar-refractivity contribution in [3.8, 4) is 11.3 Å². The van der Waals surface area contributed by atoms with Gasteiger partial charge in [-0.25, -0.2) is 19.3 Å². The lowest BCUT2D eigenvalue weighted by Crippen LogP contribution is -2.07. The molecule has 1 atom stereocenters. The number of thiophene rings is 1. The molecule has 4 aromatic rings. The van der Waals surface area contributed by atoms with Crippen molar-refractivity contribution in [2.75, 3.05) is 13.2 Å². The zero-order chi connectivity index (χ0) is 22.8. The van der Waals surface area contributed by atoms with Crippen molar-refractivity contribution in [2.24, 2.45) is 0 Å². The third kappa shape index (κ3) is 4.42. The van der Waals surface area contributed by atoms with Crippen molar-refractivity contribution >= 4 is 45.5 Å². The van der Waals surface area contributed by atoms with Crippen LogP contribution in [0.4, 0.5) is 4.39 Å². The van der Waals surface area contributed by atoms with Crippen LogP contribution in [-0.4, -0.2) is 39.4 Å². The van der Waals surface area contributed by atoms with Crippen LogP contribution in [0.5, 0.6) is 0 Å². The van der Waals surface area contributed by atoms with Crippen LogP contribution in [0, 0.1) is 5.82 Å². The molecule has 1 fully saturated rings. The Kier molecular flexibility index (Phi) is 6.22. The highest BCUT2D eigenvalue weighted by atomic mass is 35.5. The summed E-state index contributed by atoms with van der Waals surface area (Å²) < 4.78 is 21.2. The van der Waals surface area contributed by atoms with Crippen LogP contribution >= 0.6 is 22.9 Å². The molecule has 0 radical (unpaired) electrons. The van der Waals surface area contributed by atoms with Crippen LogP contribution in [0.1, 0.15) is 34.9 Å². The number of aldehydes is 1. The number of carbonyl (C=O) groups excluding carboxylic acids is 1. The Balaban J connectivity index is 1.58. The molecule has 33 heavy (non-hydrogen) atoms. The second-order valence-electron chi connectivity index (χ2n) is 7.59. The molecule has 0 saturated carbocycles. The van der Waals surface area contributed by atoms with Crippen LogP contribution in [0.2, 0.25) is 5.15 Å². The van der Waals surface area contributed by atoms with Gasteiger partial charge in [-0.05, 0) is 42.7 Å². The maximum absolute atomic E-state index is 15.0. The SMILES string of the molecule is O=CC(c1ccc(F)c(-c2ncnc3cc(C=C4CCOCC4)sc23)c1)c1nccnc1Cl. The van der Waals surface area contributed by atoms with Gasteiger partial charge in [0.2, 0.25) is 0 Å². The molecule has 1 aliphatic heterocycles. The second-order valence-corrected chi connectivity index (χ2v) is 9.03. The lowest BCUT2D eigenvalue weighted by Gasteiger charge is -2.14. The van der Waals surface area contributed by atoms with Crippen molar-refractivity contribution in [3.63, 3.8) is 0 Å². The summed E-state index contributed by atoms with van der Waals surface area (Å²) in [5, 5.41) is 0.133. The summed E-state index contributed by atoms with van der Waals surface area (Å²) in [6.07, 6.45) is 9.04. The molecular weight excluding hydrogens is 463 g/mol. The number of rotatable bonds is 5. The van der Waals surface area contributed by atoms with Crippen LogP contribution in [0.3, 0.4) is 0 Å². The first-order valence-corrected chi connectivity index (χ1v) is 11.6. The van der Waals surface area contributed by atoms with E-state index in [1.165, 1.54) is 41.7 Å². The molecule has 4 heterocycles. The van der Waals surface area contributed by atoms with E-state index in [0.29, 0.717) is 22.5 Å². The smallest absolute Gasteiger partial charge is 0.151 e. The van der Waals surface area contributed by atoms with E-state index < -0.39 is 11.7 Å². The van der Waals surface area contributed by atoms with Crippen LogP contribution in [0.25, 0.3) is 27.6 Å². The molecule has 0 spiro atoms. The Morgan fingerprint density at radius 1 is 1.09 bits per heavy atom. The van der Waals surface area contributed by atoms with Crippen LogP contribution in [-0.2, 0) is 9.53 Å². The first-order valence-electron chi connectivity index (χ1n) is 10.4. The van der Waals surface area contributed by atoms with Gasteiger partial charge in [0.25, 0.3) is 0 Å². The summed E-state index contributed by atoms with van der Waals surface area (Å²) in [6.45, 7) is 1.46. The number of halogens is 2. The minimum atomic E-state index is -0.778. The fourth-order valence-electron chi connectivity index (χ4n) is 3.87. The van der Waals surface area contributed by atoms with Crippen LogP contribution in [0.15, 0.2) is 48.6 Å². The van der Waals surface area contributed by atoms with Crippen molar-refractivity contribution in [1.82, 2.24) is 19.9 Å². The molecule has 0 N–H and O–H groups in total. The van der Waals surface area contributed by atoms with Gasteiger partial charge in [-0.3, -0.25) is 4.98 Å². The van der Waals surface area contributed by atoms with Gasteiger partial charge in [-0.2, -0.15) is 0 Å². The molecule has 6 nitrogen and oxygen atoms in total. The largest absolute Gasteiger partial charge is 0.381 e. The molecule has 9 heteroatoms. The van der Waals surface area contributed by atoms with Crippen LogP contribution < -0.4 is 0 Å². The molecule has 1 aliphatic rings. The van der Waals surface area contributed by atoms with E-state index in [9.17, 15) is 9.18 Å². The minimum Gasteiger partial charge on any atom is -0.381 e. The lowest BCUT2D eigenvalue weighted by atomic mass is 9.94. The zero-order valence-electron chi connectivity index (χ0n) is 17.4. The van der Waals surface area contributed by atoms with Gasteiger partial charge in [0, 0.05) is 22.8 Å². The van der Waals surface area contributed by atoms with Gasteiger partial charge in [-0.1, -0.05) is 23.2 Å². The molecule has 3 aromatic heterocycles. The lowest BCUT2D eigenvalue weighted by molar-refractivity contribution is -0.108. The van der Waals surface area contributed by atoms with Crippen molar-refractivity contribution in [3.05, 3.63) is 75.7 Å². The van der Waals surface area contributed by atoms with E-state index in [1.54, 1.807) is 12.1 Å². The zero-order valence-corrected chi connectivity index (χ0v) is 18.9. The van der Waals surface area contributed by atoms with E-state index in [4.69, 9.17) is 16.3 Å². The van der Waals surface area contributed by atoms with E-state index in [2.05, 4.69) is 26.0 Å². The highest BCUT2D eigenvalue weighted by molar-refractivity contribution is 7.20. The Bertz CT molecular complexity index is 1370. The van der Waals surface area contributed by atoms with Gasteiger partial charge in [0.15, 0.2) is 5.15 Å². The molecule has 1 aromatic carbocycles. The molecule has 5 rings (SSSR count). The fourth-order valence-corrected chi connectivity index (χ4v) is 5.20. The van der Waals surface area contributed by atoms with Gasteiger partial charge in [-0.15, -0.1) is 11.3 Å². The van der Waals surface area contributed by atoms with Crippen molar-refractivity contribution in [2.45, 2.75) is 18.8 Å². The maximum atomic E-state index is 15.0. The number of fused-ring (bicyclic) bond motifs is 1. The highest BCUT2D eigenvalue weighted by Crippen LogP contribution is 2.37. The van der Waals surface area contributed by atoms with Gasteiger partial charge >= 0.3 is 0 Å². The quantitative estimate of drug-likeness (QED) is 0.353. The Labute approximate surface area is 198 Å². The number of benzene rings is 1. The summed E-state index contributed by atoms with van der Waals surface area (Å²) in [6, 6.07) is 6.50. The van der Waals surface area contributed by atoms with Crippen molar-refractivity contribution < 1.29 is 13.9 Å². The number of hydrogen-bond donors (Lipinski definition) is 0. The number of hydrogen-bond acceptors (Lipinski definition) is 7. The van der Waals surface area contributed by atoms with Crippen molar-refractivity contribution in [1.29, 1.82) is 0 Å². The Hall–Kier alpha value is -3.07. The summed E-state index contributed by atoms with van der Waals surface area (Å²) in [5.41, 5.74) is 3.72. The van der Waals surface area contributed by atoms with E-state index in [-0.39, 0.29) is 5.15 Å². The van der Waals surface area contributed by atoms with Gasteiger partial charge in [0.05, 0.1) is 40.7 Å². The first-order chi connectivity index (χ1) is 16.1. The summed E-state index contributed by atoms with van der Waals surface area (Å²) >= 11 is 7.68. The third-order valence-electron chi connectivity index (χ3n) is 5.53. The average Bonchev–Trinajstić information content (AvgIpc) is 3.25. The molecule has 0 bridgehead atoms. The Morgan fingerprint density at radius 3 is 2.70 bits per heavy atom. The molecular formula is C24H18ClFN4O2S. The minimum absolute atomic E-state index is 0.133.